The Morgan fingerprint density at radius 2 is 1.74 bits per heavy atom. The van der Waals surface area contributed by atoms with Crippen LogP contribution in [0.2, 0.25) is 0 Å². The van der Waals surface area contributed by atoms with Gasteiger partial charge in [0.05, 0.1) is 36.6 Å². The normalized spacial score (nSPS) is 25.3. The van der Waals surface area contributed by atoms with Gasteiger partial charge in [0, 0.05) is 23.5 Å². The Balaban J connectivity index is 1.41. The van der Waals surface area contributed by atoms with E-state index in [0.717, 1.165) is 16.7 Å². The molecule has 10 nitrogen and oxygen atoms in total. The molecule has 2 bridgehead atoms. The average Bonchev–Trinajstić information content (AvgIpc) is 3.76. The predicted molar refractivity (Wildman–Crippen MR) is 205 cm³/mol. The molecule has 2 N–H and O–H groups in total. The number of amides is 3. The number of rotatable bonds is 15. The summed E-state index contributed by atoms with van der Waals surface area (Å²) in [5, 5.41) is 14.0. The standard InChI is InChI=1S/C42H46BrN3O7/c1-5-7-18-34(48)52-25-31(28-14-10-8-11-15-28)44-39(49)35-36-40(50)46(33(24-47)29-16-12-9-13-17-29)38(42(36)23-30(43)37(35)53-42)41(51)45(21-6-2)32-22-26(3)19-20-27(32)4/h5-6,8-17,19-20,22,30-31,33,35-38,47H,1-2,7,18,21,23-25H2,3-4H3,(H,44,49)/t30?,31-,33-,35+,36-,37+,38+,42-/m1/s1. The van der Waals surface area contributed by atoms with Gasteiger partial charge in [0.25, 0.3) is 5.91 Å². The molecule has 6 rings (SSSR count). The summed E-state index contributed by atoms with van der Waals surface area (Å²) in [6, 6.07) is 21.3. The number of hydrogen-bond donors (Lipinski definition) is 2. The monoisotopic (exact) mass is 783 g/mol. The quantitative estimate of drug-likeness (QED) is 0.116. The minimum absolute atomic E-state index is 0.119. The molecule has 0 radical (unpaired) electrons. The van der Waals surface area contributed by atoms with Crippen LogP contribution in [0.15, 0.2) is 104 Å². The number of anilines is 1. The van der Waals surface area contributed by atoms with E-state index in [1.165, 1.54) is 4.90 Å². The number of carbonyl (C=O) groups excluding carboxylic acids is 4. The number of allylic oxidation sites excluding steroid dienone is 1. The number of ether oxygens (including phenoxy) is 2. The fraction of sp³-hybridized carbons (Fsp3) is 0.381. The van der Waals surface area contributed by atoms with Crippen LogP contribution in [0.5, 0.6) is 0 Å². The van der Waals surface area contributed by atoms with Gasteiger partial charge in [0.15, 0.2) is 0 Å². The third-order valence-electron chi connectivity index (χ3n) is 10.7. The molecular formula is C42H46BrN3O7. The SMILES string of the molecule is C=CCCC(=O)OC[C@@H](NC(=O)[C@@H]1[C@H]2O[C@@]3(CC2Br)[C@H](C(=O)N(CC=C)c2cc(C)ccc2C)N([C@H](CO)c2ccccc2)C(=O)[C@@H]13)c1ccccc1. The van der Waals surface area contributed by atoms with Gasteiger partial charge in [-0.3, -0.25) is 19.2 Å². The summed E-state index contributed by atoms with van der Waals surface area (Å²) in [6.45, 7) is 11.0. The maximum absolute atomic E-state index is 15.3. The van der Waals surface area contributed by atoms with E-state index < -0.39 is 66.1 Å². The summed E-state index contributed by atoms with van der Waals surface area (Å²) in [7, 11) is 0. The minimum Gasteiger partial charge on any atom is -0.463 e. The Morgan fingerprint density at radius 1 is 1.06 bits per heavy atom. The molecule has 1 unspecified atom stereocenters. The van der Waals surface area contributed by atoms with E-state index in [1.54, 1.807) is 17.1 Å². The number of esters is 1. The number of aliphatic hydroxyl groups excluding tert-OH is 1. The second kappa shape index (κ2) is 16.2. The van der Waals surface area contributed by atoms with Crippen molar-refractivity contribution in [1.29, 1.82) is 0 Å². The molecule has 3 heterocycles. The van der Waals surface area contributed by atoms with Gasteiger partial charge in [-0.1, -0.05) is 101 Å². The van der Waals surface area contributed by atoms with Crippen LogP contribution in [-0.4, -0.2) is 76.0 Å². The smallest absolute Gasteiger partial charge is 0.306 e. The Bertz CT molecular complexity index is 1860. The van der Waals surface area contributed by atoms with E-state index in [1.807, 2.05) is 92.7 Å². The number of fused-ring (bicyclic) bond motifs is 1. The zero-order valence-corrected chi connectivity index (χ0v) is 31.6. The first-order chi connectivity index (χ1) is 25.6. The highest BCUT2D eigenvalue weighted by atomic mass is 79.9. The van der Waals surface area contributed by atoms with Gasteiger partial charge in [-0.2, -0.15) is 0 Å². The molecule has 0 aliphatic carbocycles. The zero-order valence-electron chi connectivity index (χ0n) is 30.0. The summed E-state index contributed by atoms with van der Waals surface area (Å²) >= 11 is 3.77. The van der Waals surface area contributed by atoms with Crippen molar-refractivity contribution >= 4 is 45.3 Å². The first-order valence-corrected chi connectivity index (χ1v) is 18.9. The number of alkyl halides is 1. The van der Waals surface area contributed by atoms with E-state index in [9.17, 15) is 14.7 Å². The lowest BCUT2D eigenvalue weighted by atomic mass is 9.70. The predicted octanol–water partition coefficient (Wildman–Crippen LogP) is 5.67. The number of aliphatic hydroxyl groups is 1. The summed E-state index contributed by atoms with van der Waals surface area (Å²) in [6.07, 6.45) is 3.45. The average molecular weight is 785 g/mol. The number of nitrogens with one attached hydrogen (secondary N) is 1. The molecule has 1 spiro atoms. The maximum Gasteiger partial charge on any atom is 0.306 e. The molecule has 53 heavy (non-hydrogen) atoms. The van der Waals surface area contributed by atoms with E-state index >= 15 is 9.59 Å². The molecule has 3 fully saturated rings. The lowest BCUT2D eigenvalue weighted by molar-refractivity contribution is -0.146. The van der Waals surface area contributed by atoms with Crippen molar-refractivity contribution in [3.05, 3.63) is 126 Å². The summed E-state index contributed by atoms with van der Waals surface area (Å²) in [5.74, 6) is -3.74. The zero-order chi connectivity index (χ0) is 37.9. The summed E-state index contributed by atoms with van der Waals surface area (Å²) < 4.78 is 12.4. The van der Waals surface area contributed by atoms with Gasteiger partial charge in [-0.15, -0.1) is 13.2 Å². The van der Waals surface area contributed by atoms with Crippen LogP contribution in [0.3, 0.4) is 0 Å². The van der Waals surface area contributed by atoms with Crippen molar-refractivity contribution in [2.75, 3.05) is 24.7 Å². The molecule has 8 atom stereocenters. The first-order valence-electron chi connectivity index (χ1n) is 18.0. The highest BCUT2D eigenvalue weighted by Crippen LogP contribution is 2.61. The van der Waals surface area contributed by atoms with Gasteiger partial charge in [0.1, 0.15) is 18.2 Å². The lowest BCUT2D eigenvalue weighted by Gasteiger charge is -2.39. The Hall–Kier alpha value is -4.58. The van der Waals surface area contributed by atoms with Crippen molar-refractivity contribution < 1.29 is 33.8 Å². The highest BCUT2D eigenvalue weighted by Gasteiger charge is 2.77. The molecule has 3 aliphatic rings. The number of halogens is 1. The van der Waals surface area contributed by atoms with Gasteiger partial charge < -0.3 is 29.7 Å². The minimum atomic E-state index is -1.40. The van der Waals surface area contributed by atoms with Crippen molar-refractivity contribution in [3.63, 3.8) is 0 Å². The molecular weight excluding hydrogens is 738 g/mol. The van der Waals surface area contributed by atoms with Crippen molar-refractivity contribution in [2.45, 2.75) is 67.8 Å². The van der Waals surface area contributed by atoms with E-state index in [4.69, 9.17) is 9.47 Å². The lowest BCUT2D eigenvalue weighted by Crippen LogP contribution is -2.58. The Kier molecular flexibility index (Phi) is 11.7. The number of benzene rings is 3. The second-order valence-corrected chi connectivity index (χ2v) is 15.2. The molecule has 278 valence electrons. The van der Waals surface area contributed by atoms with E-state index in [0.29, 0.717) is 17.7 Å². The number of likely N-dealkylation sites (tertiary alicyclic amines) is 1. The first kappa shape index (κ1) is 38.2. The van der Waals surface area contributed by atoms with E-state index in [-0.39, 0.29) is 36.7 Å². The van der Waals surface area contributed by atoms with Crippen molar-refractivity contribution in [2.24, 2.45) is 11.8 Å². The topological polar surface area (TPSA) is 125 Å². The van der Waals surface area contributed by atoms with Crippen molar-refractivity contribution in [3.8, 4) is 0 Å². The molecule has 0 saturated carbocycles. The number of carbonyl (C=O) groups is 4. The van der Waals surface area contributed by atoms with Crippen LogP contribution >= 0.6 is 15.9 Å². The van der Waals surface area contributed by atoms with Crippen LogP contribution in [0.1, 0.15) is 53.6 Å². The number of aryl methyl sites for hydroxylation is 2. The molecule has 3 amide bonds. The van der Waals surface area contributed by atoms with Crippen LogP contribution < -0.4 is 10.2 Å². The molecule has 3 aliphatic heterocycles. The number of hydrogen-bond acceptors (Lipinski definition) is 7. The molecule has 3 aromatic rings. The van der Waals surface area contributed by atoms with Crippen LogP contribution in [-0.2, 0) is 28.7 Å². The van der Waals surface area contributed by atoms with Gasteiger partial charge in [-0.25, -0.2) is 0 Å². The molecule has 0 aromatic heterocycles. The number of nitrogens with zero attached hydrogens (tertiary/aromatic N) is 2. The summed E-state index contributed by atoms with van der Waals surface area (Å²) in [4.78, 5) is 60.1. The van der Waals surface area contributed by atoms with Gasteiger partial charge in [0.2, 0.25) is 11.8 Å². The van der Waals surface area contributed by atoms with Crippen LogP contribution in [0.4, 0.5) is 5.69 Å². The third kappa shape index (κ3) is 7.22. The Morgan fingerprint density at radius 3 is 2.38 bits per heavy atom. The molecule has 3 aromatic carbocycles. The van der Waals surface area contributed by atoms with Gasteiger partial charge >= 0.3 is 5.97 Å². The second-order valence-electron chi connectivity index (χ2n) is 14.0. The third-order valence-corrected chi connectivity index (χ3v) is 11.5. The van der Waals surface area contributed by atoms with E-state index in [2.05, 4.69) is 34.4 Å². The fourth-order valence-corrected chi connectivity index (χ4v) is 9.19. The maximum atomic E-state index is 15.3. The fourth-order valence-electron chi connectivity index (χ4n) is 8.25. The largest absolute Gasteiger partial charge is 0.463 e. The molecule has 3 saturated heterocycles. The highest BCUT2D eigenvalue weighted by molar-refractivity contribution is 9.09. The summed E-state index contributed by atoms with van der Waals surface area (Å²) in [5.41, 5.74) is 2.46. The van der Waals surface area contributed by atoms with Gasteiger partial charge in [-0.05, 0) is 55.0 Å². The van der Waals surface area contributed by atoms with Crippen molar-refractivity contribution in [1.82, 2.24) is 10.2 Å². The van der Waals surface area contributed by atoms with Crippen LogP contribution in [0, 0.1) is 25.7 Å². The van der Waals surface area contributed by atoms with Crippen LogP contribution in [0.25, 0.3) is 0 Å². The Labute approximate surface area is 319 Å². The molecule has 11 heteroatoms.